The summed E-state index contributed by atoms with van der Waals surface area (Å²) in [5.74, 6) is 0. The van der Waals surface area contributed by atoms with Crippen LogP contribution in [0.4, 0.5) is 4.39 Å². The fourth-order valence-corrected chi connectivity index (χ4v) is 0.908. The van der Waals surface area contributed by atoms with Crippen LogP contribution in [0, 0.1) is 0 Å². The van der Waals surface area contributed by atoms with Crippen LogP contribution < -0.4 is 0 Å². The molecule has 0 spiro atoms. The van der Waals surface area contributed by atoms with E-state index in [1.54, 1.807) is 0 Å². The van der Waals surface area contributed by atoms with Crippen LogP contribution in [0.25, 0.3) is 0 Å². The minimum Gasteiger partial charge on any atom is -0.394 e. The van der Waals surface area contributed by atoms with Crippen LogP contribution in [-0.2, 0) is 4.74 Å². The van der Waals surface area contributed by atoms with Gasteiger partial charge in [0, 0.05) is 0 Å². The van der Waals surface area contributed by atoms with Gasteiger partial charge >= 0.3 is 0 Å². The first-order chi connectivity index (χ1) is 4.66. The number of ether oxygens (including phenoxy) is 1. The highest BCUT2D eigenvalue weighted by atomic mass is 19.1. The molecule has 1 aliphatic rings. The number of alkyl halides is 1. The average molecular weight is 146 g/mol. The lowest BCUT2D eigenvalue weighted by Gasteiger charge is -2.09. The maximum absolute atomic E-state index is 12.5. The van der Waals surface area contributed by atoms with Crippen molar-refractivity contribution in [1.82, 2.24) is 0 Å². The Bertz CT molecular complexity index is 123. The van der Waals surface area contributed by atoms with E-state index in [9.17, 15) is 4.39 Å². The summed E-state index contributed by atoms with van der Waals surface area (Å²) >= 11 is 0. The first-order valence-corrected chi connectivity index (χ1v) is 3.01. The molecule has 0 aromatic heterocycles. The maximum Gasteiger partial charge on any atom is 0.146 e. The van der Waals surface area contributed by atoms with E-state index >= 15 is 0 Å². The molecule has 2 radical (unpaired) electrons. The summed E-state index contributed by atoms with van der Waals surface area (Å²) in [5, 5.41) is 17.4. The van der Waals surface area contributed by atoms with Crippen LogP contribution in [-0.4, -0.2) is 49.0 Å². The van der Waals surface area contributed by atoms with Gasteiger partial charge in [0.05, 0.1) is 12.6 Å². The third-order valence-corrected chi connectivity index (χ3v) is 1.53. The second-order valence-electron chi connectivity index (χ2n) is 2.26. The molecule has 10 heavy (non-hydrogen) atoms. The van der Waals surface area contributed by atoms with Crippen molar-refractivity contribution >= 4 is 7.85 Å². The van der Waals surface area contributed by atoms with E-state index in [2.05, 4.69) is 4.74 Å². The van der Waals surface area contributed by atoms with Crippen molar-refractivity contribution in [2.75, 3.05) is 6.61 Å². The topological polar surface area (TPSA) is 49.7 Å². The van der Waals surface area contributed by atoms with Crippen LogP contribution in [0.1, 0.15) is 0 Å². The molecule has 0 aliphatic carbocycles. The number of halogens is 1. The second-order valence-corrected chi connectivity index (χ2v) is 2.26. The largest absolute Gasteiger partial charge is 0.394 e. The van der Waals surface area contributed by atoms with E-state index < -0.39 is 31.0 Å². The van der Waals surface area contributed by atoms with E-state index in [1.807, 2.05) is 0 Å². The lowest BCUT2D eigenvalue weighted by Crippen LogP contribution is -2.30. The SMILES string of the molecule is [B][C@H]1O[C@@H](CO)C(O)[C@@H]1F. The van der Waals surface area contributed by atoms with Crippen LogP contribution >= 0.6 is 0 Å². The van der Waals surface area contributed by atoms with Gasteiger partial charge in [0.1, 0.15) is 26.2 Å². The second kappa shape index (κ2) is 2.86. The Morgan fingerprint density at radius 3 is 2.40 bits per heavy atom. The van der Waals surface area contributed by atoms with Crippen molar-refractivity contribution < 1.29 is 19.3 Å². The van der Waals surface area contributed by atoms with E-state index in [4.69, 9.17) is 18.1 Å². The van der Waals surface area contributed by atoms with Gasteiger partial charge in [-0.25, -0.2) is 4.39 Å². The minimum atomic E-state index is -1.59. The zero-order valence-electron chi connectivity index (χ0n) is 5.27. The lowest BCUT2D eigenvalue weighted by atomic mass is 9.94. The van der Waals surface area contributed by atoms with E-state index in [1.165, 1.54) is 0 Å². The normalized spacial score (nSPS) is 47.9. The van der Waals surface area contributed by atoms with E-state index in [0.717, 1.165) is 0 Å². The van der Waals surface area contributed by atoms with Gasteiger partial charge in [-0.15, -0.1) is 0 Å². The summed E-state index contributed by atoms with van der Waals surface area (Å²) in [4.78, 5) is 0. The molecule has 0 aromatic carbocycles. The van der Waals surface area contributed by atoms with Crippen LogP contribution in [0.15, 0.2) is 0 Å². The summed E-state index contributed by atoms with van der Waals surface area (Å²) in [6.07, 6.45) is -3.75. The smallest absolute Gasteiger partial charge is 0.146 e. The molecule has 0 amide bonds. The van der Waals surface area contributed by atoms with Crippen molar-refractivity contribution in [3.63, 3.8) is 0 Å². The lowest BCUT2D eigenvalue weighted by molar-refractivity contribution is -0.00566. The van der Waals surface area contributed by atoms with Crippen molar-refractivity contribution in [3.8, 4) is 0 Å². The van der Waals surface area contributed by atoms with Crippen molar-refractivity contribution in [3.05, 3.63) is 0 Å². The van der Waals surface area contributed by atoms with Crippen LogP contribution in [0.2, 0.25) is 0 Å². The predicted molar refractivity (Wildman–Crippen MR) is 32.4 cm³/mol. The Morgan fingerprint density at radius 1 is 1.60 bits per heavy atom. The van der Waals surface area contributed by atoms with Gasteiger partial charge in [-0.05, 0) is 0 Å². The molecular formula is C5H8BFO3. The molecule has 0 saturated carbocycles. The number of hydrogen-bond donors (Lipinski definition) is 2. The molecule has 1 rings (SSSR count). The summed E-state index contributed by atoms with van der Waals surface area (Å²) in [5.41, 5.74) is 0. The molecule has 56 valence electrons. The van der Waals surface area contributed by atoms with Gasteiger partial charge < -0.3 is 14.9 Å². The predicted octanol–water partition coefficient (Wildman–Crippen LogP) is -1.43. The standard InChI is InChI=1S/C5H8BFO3/c6-5-3(7)4(9)2(1-8)10-5/h2-5,8-9H,1H2/t2-,3-,4?,5-/m0/s1. The van der Waals surface area contributed by atoms with Gasteiger partial charge in [-0.3, -0.25) is 0 Å². The molecule has 1 aliphatic heterocycles. The van der Waals surface area contributed by atoms with Crippen molar-refractivity contribution in [2.24, 2.45) is 0 Å². The highest BCUT2D eigenvalue weighted by Gasteiger charge is 2.40. The van der Waals surface area contributed by atoms with E-state index in [-0.39, 0.29) is 0 Å². The quantitative estimate of drug-likeness (QED) is 0.446. The number of hydrogen-bond acceptors (Lipinski definition) is 3. The van der Waals surface area contributed by atoms with Crippen molar-refractivity contribution in [2.45, 2.75) is 24.4 Å². The molecular weight excluding hydrogens is 138 g/mol. The molecule has 5 heteroatoms. The Morgan fingerprint density at radius 2 is 2.20 bits per heavy atom. The Kier molecular flexibility index (Phi) is 2.28. The third-order valence-electron chi connectivity index (χ3n) is 1.53. The molecule has 1 saturated heterocycles. The molecule has 4 atom stereocenters. The molecule has 1 heterocycles. The first kappa shape index (κ1) is 7.98. The summed E-state index contributed by atoms with van der Waals surface area (Å²) in [7, 11) is 5.07. The van der Waals surface area contributed by atoms with Gasteiger partial charge in [-0.2, -0.15) is 0 Å². The fourth-order valence-electron chi connectivity index (χ4n) is 0.908. The molecule has 0 aromatic rings. The summed E-state index contributed by atoms with van der Waals surface area (Å²) in [6, 6.07) is -1.10. The van der Waals surface area contributed by atoms with E-state index in [0.29, 0.717) is 0 Å². The van der Waals surface area contributed by atoms with Crippen molar-refractivity contribution in [1.29, 1.82) is 0 Å². The highest BCUT2D eigenvalue weighted by molar-refractivity contribution is 6.11. The van der Waals surface area contributed by atoms with Gasteiger partial charge in [-0.1, -0.05) is 0 Å². The molecule has 0 bridgehead atoms. The third kappa shape index (κ3) is 1.16. The molecule has 1 unspecified atom stereocenters. The fraction of sp³-hybridized carbons (Fsp3) is 1.00. The van der Waals surface area contributed by atoms with Gasteiger partial charge in [0.15, 0.2) is 0 Å². The maximum atomic E-state index is 12.5. The average Bonchev–Trinajstić information content (AvgIpc) is 2.17. The zero-order valence-corrected chi connectivity index (χ0v) is 5.27. The zero-order chi connectivity index (χ0) is 7.72. The Balaban J connectivity index is 2.53. The molecule has 1 fully saturated rings. The monoisotopic (exact) mass is 146 g/mol. The Hall–Kier alpha value is -0.125. The van der Waals surface area contributed by atoms with Crippen LogP contribution in [0.5, 0.6) is 0 Å². The summed E-state index contributed by atoms with van der Waals surface area (Å²) < 4.78 is 17.2. The number of aliphatic hydroxyl groups is 2. The summed E-state index contributed by atoms with van der Waals surface area (Å²) in [6.45, 7) is -0.407. The molecule has 2 N–H and O–H groups in total. The Labute approximate surface area is 59.2 Å². The minimum absolute atomic E-state index is 0.407. The van der Waals surface area contributed by atoms with Crippen LogP contribution in [0.3, 0.4) is 0 Å². The molecule has 3 nitrogen and oxygen atoms in total. The van der Waals surface area contributed by atoms with Gasteiger partial charge in [0.2, 0.25) is 0 Å². The number of rotatable bonds is 1. The highest BCUT2D eigenvalue weighted by Crippen LogP contribution is 2.21. The first-order valence-electron chi connectivity index (χ1n) is 3.01. The van der Waals surface area contributed by atoms with Gasteiger partial charge in [0.25, 0.3) is 0 Å². The number of aliphatic hydroxyl groups excluding tert-OH is 2.